The van der Waals surface area contributed by atoms with E-state index in [-0.39, 0.29) is 25.6 Å². The molecule has 0 saturated carbocycles. The smallest absolute Gasteiger partial charge is 0.267 e. The zero-order chi connectivity index (χ0) is 32.2. The fourth-order valence-electron chi connectivity index (χ4n) is 6.99. The van der Waals surface area contributed by atoms with Crippen molar-refractivity contribution in [2.75, 3.05) is 32.7 Å². The Kier molecular flexibility index (Phi) is 13.0. The summed E-state index contributed by atoms with van der Waals surface area (Å²) < 4.78 is 28.2. The number of likely N-dealkylation sites (tertiary alicyclic amines) is 2. The first-order valence-corrected chi connectivity index (χ1v) is 17.2. The summed E-state index contributed by atoms with van der Waals surface area (Å²) in [6, 6.07) is 8.09. The molecule has 4 rings (SSSR count). The van der Waals surface area contributed by atoms with E-state index in [0.29, 0.717) is 12.2 Å². The van der Waals surface area contributed by atoms with Crippen molar-refractivity contribution in [1.29, 1.82) is 0 Å². The van der Waals surface area contributed by atoms with Gasteiger partial charge in [0.1, 0.15) is 0 Å². The monoisotopic (exact) mass is 619 g/mol. The second kappa shape index (κ2) is 16.9. The summed E-state index contributed by atoms with van der Waals surface area (Å²) in [5.41, 5.74) is 5.89. The van der Waals surface area contributed by atoms with Gasteiger partial charge >= 0.3 is 0 Å². The zero-order valence-electron chi connectivity index (χ0n) is 27.6. The van der Waals surface area contributed by atoms with Crippen LogP contribution in [0.15, 0.2) is 66.6 Å². The van der Waals surface area contributed by atoms with Gasteiger partial charge in [-0.3, -0.25) is 9.98 Å². The average Bonchev–Trinajstić information content (AvgIpc) is 3.35. The molecule has 0 bridgehead atoms. The molecule has 45 heavy (non-hydrogen) atoms. The van der Waals surface area contributed by atoms with Gasteiger partial charge < -0.3 is 15.1 Å². The Morgan fingerprint density at radius 2 is 1.80 bits per heavy atom. The molecule has 1 atom stereocenters. The molecule has 0 spiro atoms. The number of aryl methyl sites for hydroxylation is 1. The molecular weight excluding hydrogens is 564 g/mol. The minimum Gasteiger partial charge on any atom is -0.379 e. The molecule has 246 valence electrons. The molecular formula is C38H55F2N5. The summed E-state index contributed by atoms with van der Waals surface area (Å²) in [6.45, 7) is 21.1. The van der Waals surface area contributed by atoms with Crippen LogP contribution in [-0.2, 0) is 6.42 Å². The average molecular weight is 620 g/mol. The first kappa shape index (κ1) is 34.6. The van der Waals surface area contributed by atoms with Gasteiger partial charge in [0.15, 0.2) is 0 Å². The number of hydrogen-bond donors (Lipinski definition) is 1. The van der Waals surface area contributed by atoms with Crippen LogP contribution in [0.5, 0.6) is 0 Å². The molecule has 7 heteroatoms. The van der Waals surface area contributed by atoms with Gasteiger partial charge in [-0.25, -0.2) is 8.78 Å². The quantitative estimate of drug-likeness (QED) is 0.126. The van der Waals surface area contributed by atoms with Crippen molar-refractivity contribution in [2.24, 2.45) is 10.9 Å². The third-order valence-electron chi connectivity index (χ3n) is 9.72. The molecule has 1 aromatic carbocycles. The Labute approximate surface area is 270 Å². The van der Waals surface area contributed by atoms with Gasteiger partial charge in [-0.2, -0.15) is 0 Å². The highest BCUT2D eigenvalue weighted by Gasteiger charge is 2.45. The second-order valence-corrected chi connectivity index (χ2v) is 13.3. The number of aliphatic imine (C=N–C) groups is 1. The van der Waals surface area contributed by atoms with Crippen LogP contribution in [0.1, 0.15) is 95.1 Å². The molecule has 2 fully saturated rings. The van der Waals surface area contributed by atoms with Crippen LogP contribution in [-0.4, -0.2) is 66.2 Å². The number of hydrogen-bond acceptors (Lipinski definition) is 5. The Morgan fingerprint density at radius 1 is 1.02 bits per heavy atom. The molecule has 2 aromatic rings. The van der Waals surface area contributed by atoms with E-state index in [2.05, 4.69) is 71.8 Å². The van der Waals surface area contributed by atoms with Crippen molar-refractivity contribution in [3.63, 3.8) is 0 Å². The topological polar surface area (TPSA) is 43.8 Å². The van der Waals surface area contributed by atoms with Crippen LogP contribution in [0, 0.1) is 5.92 Å². The van der Waals surface area contributed by atoms with Gasteiger partial charge in [0.2, 0.25) is 0 Å². The van der Waals surface area contributed by atoms with Crippen molar-refractivity contribution < 1.29 is 8.78 Å². The number of allylic oxidation sites excluding steroid dienone is 1. The molecule has 2 saturated heterocycles. The van der Waals surface area contributed by atoms with Crippen LogP contribution in [0.25, 0.3) is 16.6 Å². The van der Waals surface area contributed by atoms with E-state index >= 15 is 0 Å². The van der Waals surface area contributed by atoms with E-state index in [4.69, 9.17) is 0 Å². The van der Waals surface area contributed by atoms with Crippen molar-refractivity contribution in [2.45, 2.75) is 102 Å². The van der Waals surface area contributed by atoms with E-state index in [9.17, 15) is 8.78 Å². The largest absolute Gasteiger partial charge is 0.379 e. The number of unbranched alkanes of at least 4 members (excludes halogenated alkanes) is 5. The van der Waals surface area contributed by atoms with E-state index in [1.807, 2.05) is 6.07 Å². The molecule has 0 aliphatic carbocycles. The molecule has 0 radical (unpaired) electrons. The molecule has 2 aliphatic heterocycles. The van der Waals surface area contributed by atoms with E-state index in [1.165, 1.54) is 88.6 Å². The minimum absolute atomic E-state index is 0.223. The van der Waals surface area contributed by atoms with E-state index < -0.39 is 5.92 Å². The van der Waals surface area contributed by atoms with E-state index in [1.54, 1.807) is 11.1 Å². The fourth-order valence-corrected chi connectivity index (χ4v) is 6.99. The number of nitrogens with one attached hydrogen (secondary N) is 1. The van der Waals surface area contributed by atoms with Crippen molar-refractivity contribution in [3.05, 3.63) is 72.7 Å². The Morgan fingerprint density at radius 3 is 2.56 bits per heavy atom. The predicted molar refractivity (Wildman–Crippen MR) is 187 cm³/mol. The molecule has 0 amide bonds. The Hall–Kier alpha value is -3.22. The van der Waals surface area contributed by atoms with Crippen molar-refractivity contribution in [1.82, 2.24) is 20.1 Å². The fraction of sp³-hybridized carbons (Fsp3) is 0.579. The first-order chi connectivity index (χ1) is 21.7. The highest BCUT2D eigenvalue weighted by atomic mass is 19.3. The van der Waals surface area contributed by atoms with Crippen LogP contribution in [0.3, 0.4) is 0 Å². The Bertz CT molecular complexity index is 1300. The second-order valence-electron chi connectivity index (χ2n) is 13.3. The number of nitrogens with zero attached hydrogens (tertiary/aromatic N) is 4. The number of rotatable bonds is 19. The van der Waals surface area contributed by atoms with Crippen molar-refractivity contribution >= 4 is 23.3 Å². The lowest BCUT2D eigenvalue weighted by Crippen LogP contribution is -2.35. The maximum absolute atomic E-state index is 14.1. The molecule has 3 heterocycles. The number of aromatic nitrogens is 1. The SMILES string of the molecule is C=NCC1CC(F)(F)CN1C(=C)CNC(=C)c1ccnc2ccc(CCCCCC3CCN(C(=C)CCCCCC)CC3)cc12. The number of piperidine rings is 1. The van der Waals surface area contributed by atoms with Crippen LogP contribution in [0.4, 0.5) is 8.78 Å². The van der Waals surface area contributed by atoms with Gasteiger partial charge in [-0.1, -0.05) is 71.3 Å². The maximum Gasteiger partial charge on any atom is 0.267 e. The summed E-state index contributed by atoms with van der Waals surface area (Å²) in [4.78, 5) is 12.6. The normalized spacial score (nSPS) is 18.3. The minimum atomic E-state index is -2.74. The van der Waals surface area contributed by atoms with Crippen LogP contribution in [0.2, 0.25) is 0 Å². The lowest BCUT2D eigenvalue weighted by molar-refractivity contribution is 0.0145. The van der Waals surface area contributed by atoms with Gasteiger partial charge in [-0.15, -0.1) is 0 Å². The standard InChI is InChI=1S/C38H55F2N5/c1-6-7-8-10-13-29(2)44-22-19-32(20-23-44)14-11-9-12-15-33-16-17-37-36(24-33)35(18-21-42-37)31(4)43-26-30(3)45-28-38(39,40)25-34(45)27-41-5/h16-18,21,24,32,34,43H,2-15,19-20,22-23,25-28H2,1H3. The Balaban J connectivity index is 1.20. The summed E-state index contributed by atoms with van der Waals surface area (Å²) >= 11 is 0. The predicted octanol–water partition coefficient (Wildman–Crippen LogP) is 9.02. The van der Waals surface area contributed by atoms with E-state index in [0.717, 1.165) is 40.9 Å². The highest BCUT2D eigenvalue weighted by Crippen LogP contribution is 2.34. The highest BCUT2D eigenvalue weighted by molar-refractivity contribution is 5.91. The van der Waals surface area contributed by atoms with Crippen LogP contribution >= 0.6 is 0 Å². The number of halogens is 2. The maximum atomic E-state index is 14.1. The number of pyridine rings is 1. The molecule has 2 aliphatic rings. The van der Waals surface area contributed by atoms with Crippen molar-refractivity contribution in [3.8, 4) is 0 Å². The number of fused-ring (bicyclic) bond motifs is 1. The summed E-state index contributed by atoms with van der Waals surface area (Å²) in [5.74, 6) is -1.89. The lowest BCUT2D eigenvalue weighted by Gasteiger charge is -2.35. The molecule has 1 unspecified atom stereocenters. The van der Waals surface area contributed by atoms with Gasteiger partial charge in [0.05, 0.1) is 31.2 Å². The number of alkyl halides is 2. The zero-order valence-corrected chi connectivity index (χ0v) is 27.6. The summed E-state index contributed by atoms with van der Waals surface area (Å²) in [5, 5.41) is 4.38. The molecule has 1 N–H and O–H groups in total. The lowest BCUT2D eigenvalue weighted by atomic mass is 9.90. The van der Waals surface area contributed by atoms with Gasteiger partial charge in [0, 0.05) is 53.7 Å². The third kappa shape index (κ3) is 10.1. The van der Waals surface area contributed by atoms with Gasteiger partial charge in [0.25, 0.3) is 5.92 Å². The third-order valence-corrected chi connectivity index (χ3v) is 9.72. The summed E-state index contributed by atoms with van der Waals surface area (Å²) in [7, 11) is 0. The number of benzene rings is 1. The first-order valence-electron chi connectivity index (χ1n) is 17.2. The molecule has 1 aromatic heterocycles. The van der Waals surface area contributed by atoms with Gasteiger partial charge in [-0.05, 0) is 74.9 Å². The van der Waals surface area contributed by atoms with Crippen LogP contribution < -0.4 is 5.32 Å². The molecule has 5 nitrogen and oxygen atoms in total. The summed E-state index contributed by atoms with van der Waals surface area (Å²) in [6.07, 6.45) is 16.7.